The highest BCUT2D eigenvalue weighted by Crippen LogP contribution is 2.38. The zero-order valence-electron chi connectivity index (χ0n) is 12.5. The SMILES string of the molecule is Cc1cc(Cl)ccc1NC(=O)c1cc(Cl)c2c(c1)OCCCO2. The van der Waals surface area contributed by atoms with Crippen LogP contribution >= 0.6 is 23.2 Å². The summed E-state index contributed by atoms with van der Waals surface area (Å²) in [5, 5.41) is 3.84. The number of hydrogen-bond acceptors (Lipinski definition) is 3. The number of carbonyl (C=O) groups is 1. The van der Waals surface area contributed by atoms with Crippen LogP contribution in [-0.4, -0.2) is 19.1 Å². The summed E-state index contributed by atoms with van der Waals surface area (Å²) < 4.78 is 11.2. The van der Waals surface area contributed by atoms with Crippen LogP contribution in [0.25, 0.3) is 0 Å². The lowest BCUT2D eigenvalue weighted by molar-refractivity contribution is 0.102. The fraction of sp³-hybridized carbons (Fsp3) is 0.235. The topological polar surface area (TPSA) is 47.6 Å². The van der Waals surface area contributed by atoms with Gasteiger partial charge in [-0.3, -0.25) is 4.79 Å². The predicted octanol–water partition coefficient (Wildman–Crippen LogP) is 4.72. The number of nitrogens with one attached hydrogen (secondary N) is 1. The molecule has 0 spiro atoms. The minimum absolute atomic E-state index is 0.270. The van der Waals surface area contributed by atoms with Gasteiger partial charge in [-0.05, 0) is 42.8 Å². The molecule has 2 aromatic rings. The van der Waals surface area contributed by atoms with Crippen molar-refractivity contribution in [2.24, 2.45) is 0 Å². The average molecular weight is 352 g/mol. The molecule has 1 aliphatic rings. The molecule has 23 heavy (non-hydrogen) atoms. The first-order chi connectivity index (χ1) is 11.0. The molecule has 0 aliphatic carbocycles. The average Bonchev–Trinajstić information content (AvgIpc) is 2.75. The molecule has 0 aromatic heterocycles. The third-order valence-electron chi connectivity index (χ3n) is 3.50. The minimum Gasteiger partial charge on any atom is -0.489 e. The van der Waals surface area contributed by atoms with E-state index in [4.69, 9.17) is 32.7 Å². The van der Waals surface area contributed by atoms with E-state index in [1.807, 2.05) is 6.92 Å². The fourth-order valence-corrected chi connectivity index (χ4v) is 2.82. The van der Waals surface area contributed by atoms with Crippen LogP contribution in [0.3, 0.4) is 0 Å². The molecule has 0 fully saturated rings. The predicted molar refractivity (Wildman–Crippen MR) is 91.2 cm³/mol. The van der Waals surface area contributed by atoms with Crippen LogP contribution in [0.5, 0.6) is 11.5 Å². The second-order valence-corrected chi connectivity index (χ2v) is 6.09. The van der Waals surface area contributed by atoms with Crippen molar-refractivity contribution in [3.05, 3.63) is 51.5 Å². The first-order valence-corrected chi connectivity index (χ1v) is 7.97. The second-order valence-electron chi connectivity index (χ2n) is 5.25. The maximum Gasteiger partial charge on any atom is 0.255 e. The van der Waals surface area contributed by atoms with E-state index in [1.54, 1.807) is 30.3 Å². The summed E-state index contributed by atoms with van der Waals surface area (Å²) in [5.41, 5.74) is 1.99. The monoisotopic (exact) mass is 351 g/mol. The van der Waals surface area contributed by atoms with Gasteiger partial charge < -0.3 is 14.8 Å². The van der Waals surface area contributed by atoms with Crippen molar-refractivity contribution in [3.63, 3.8) is 0 Å². The van der Waals surface area contributed by atoms with E-state index in [1.165, 1.54) is 0 Å². The standard InChI is InChI=1S/C17H15Cl2NO3/c1-10-7-12(18)3-4-14(10)20-17(21)11-8-13(19)16-15(9-11)22-5-2-6-23-16/h3-4,7-9H,2,5-6H2,1H3,(H,20,21). The Morgan fingerprint density at radius 1 is 1.13 bits per heavy atom. The van der Waals surface area contributed by atoms with Crippen LogP contribution in [-0.2, 0) is 0 Å². The van der Waals surface area contributed by atoms with Gasteiger partial charge in [0, 0.05) is 22.7 Å². The number of anilines is 1. The van der Waals surface area contributed by atoms with E-state index in [0.29, 0.717) is 46.0 Å². The molecule has 1 aliphatic heterocycles. The number of carbonyl (C=O) groups excluding carboxylic acids is 1. The Morgan fingerprint density at radius 3 is 2.70 bits per heavy atom. The normalized spacial score (nSPS) is 13.3. The molecule has 1 heterocycles. The third kappa shape index (κ3) is 3.54. The molecular formula is C17H15Cl2NO3. The lowest BCUT2D eigenvalue weighted by atomic mass is 10.1. The highest BCUT2D eigenvalue weighted by molar-refractivity contribution is 6.33. The molecule has 4 nitrogen and oxygen atoms in total. The summed E-state index contributed by atoms with van der Waals surface area (Å²) in [6.45, 7) is 2.95. The van der Waals surface area contributed by atoms with Crippen molar-refractivity contribution in [2.75, 3.05) is 18.5 Å². The number of aryl methyl sites for hydroxylation is 1. The summed E-state index contributed by atoms with van der Waals surface area (Å²) in [6, 6.07) is 8.51. The van der Waals surface area contributed by atoms with Gasteiger partial charge in [-0.2, -0.15) is 0 Å². The van der Waals surface area contributed by atoms with Crippen molar-refractivity contribution in [3.8, 4) is 11.5 Å². The Balaban J connectivity index is 1.87. The van der Waals surface area contributed by atoms with Gasteiger partial charge in [-0.25, -0.2) is 0 Å². The maximum absolute atomic E-state index is 12.5. The van der Waals surface area contributed by atoms with Gasteiger partial charge in [0.1, 0.15) is 0 Å². The Hall–Kier alpha value is -1.91. The third-order valence-corrected chi connectivity index (χ3v) is 4.02. The van der Waals surface area contributed by atoms with Gasteiger partial charge in [-0.1, -0.05) is 23.2 Å². The number of hydrogen-bond donors (Lipinski definition) is 1. The molecule has 1 N–H and O–H groups in total. The zero-order valence-corrected chi connectivity index (χ0v) is 14.0. The van der Waals surface area contributed by atoms with E-state index in [2.05, 4.69) is 5.32 Å². The number of rotatable bonds is 2. The molecule has 0 atom stereocenters. The Labute approximate surface area is 144 Å². The smallest absolute Gasteiger partial charge is 0.255 e. The van der Waals surface area contributed by atoms with Gasteiger partial charge in [0.25, 0.3) is 5.91 Å². The lowest BCUT2D eigenvalue weighted by Crippen LogP contribution is -2.13. The molecule has 1 amide bonds. The van der Waals surface area contributed by atoms with Gasteiger partial charge in [0.05, 0.1) is 18.2 Å². The second kappa shape index (κ2) is 6.69. The van der Waals surface area contributed by atoms with Crippen LogP contribution in [0, 0.1) is 6.92 Å². The van der Waals surface area contributed by atoms with Crippen LogP contribution < -0.4 is 14.8 Å². The summed E-state index contributed by atoms with van der Waals surface area (Å²) in [5.74, 6) is 0.712. The fourth-order valence-electron chi connectivity index (χ4n) is 2.32. The molecular weight excluding hydrogens is 337 g/mol. The Kier molecular flexibility index (Phi) is 4.64. The number of benzene rings is 2. The quantitative estimate of drug-likeness (QED) is 0.851. The molecule has 6 heteroatoms. The minimum atomic E-state index is -0.270. The van der Waals surface area contributed by atoms with Gasteiger partial charge in [-0.15, -0.1) is 0 Å². The van der Waals surface area contributed by atoms with E-state index < -0.39 is 0 Å². The highest BCUT2D eigenvalue weighted by Gasteiger charge is 2.18. The van der Waals surface area contributed by atoms with Crippen molar-refractivity contribution in [1.82, 2.24) is 0 Å². The van der Waals surface area contributed by atoms with Crippen LogP contribution in [0.4, 0.5) is 5.69 Å². The first kappa shape index (κ1) is 16.0. The molecule has 0 saturated carbocycles. The Bertz CT molecular complexity index is 762. The van der Waals surface area contributed by atoms with Gasteiger partial charge >= 0.3 is 0 Å². The molecule has 3 rings (SSSR count). The maximum atomic E-state index is 12.5. The number of halogens is 2. The zero-order chi connectivity index (χ0) is 16.4. The molecule has 0 radical (unpaired) electrons. The van der Waals surface area contributed by atoms with Crippen molar-refractivity contribution < 1.29 is 14.3 Å². The van der Waals surface area contributed by atoms with Gasteiger partial charge in [0.2, 0.25) is 0 Å². The summed E-state index contributed by atoms with van der Waals surface area (Å²) in [7, 11) is 0. The lowest BCUT2D eigenvalue weighted by Gasteiger charge is -2.12. The van der Waals surface area contributed by atoms with Crippen LogP contribution in [0.1, 0.15) is 22.3 Å². The molecule has 0 bridgehead atoms. The molecule has 120 valence electrons. The van der Waals surface area contributed by atoms with E-state index >= 15 is 0 Å². The van der Waals surface area contributed by atoms with Gasteiger partial charge in [0.15, 0.2) is 11.5 Å². The number of ether oxygens (including phenoxy) is 2. The molecule has 0 unspecified atom stereocenters. The largest absolute Gasteiger partial charge is 0.489 e. The summed E-state index contributed by atoms with van der Waals surface area (Å²) in [6.07, 6.45) is 0.774. The summed E-state index contributed by atoms with van der Waals surface area (Å²) in [4.78, 5) is 12.5. The van der Waals surface area contributed by atoms with Crippen molar-refractivity contribution in [1.29, 1.82) is 0 Å². The molecule has 2 aromatic carbocycles. The van der Waals surface area contributed by atoms with E-state index in [0.717, 1.165) is 12.0 Å². The molecule has 0 saturated heterocycles. The van der Waals surface area contributed by atoms with E-state index in [9.17, 15) is 4.79 Å². The Morgan fingerprint density at radius 2 is 1.91 bits per heavy atom. The van der Waals surface area contributed by atoms with Crippen molar-refractivity contribution >= 4 is 34.8 Å². The first-order valence-electron chi connectivity index (χ1n) is 7.21. The number of fused-ring (bicyclic) bond motifs is 1. The van der Waals surface area contributed by atoms with Crippen molar-refractivity contribution in [2.45, 2.75) is 13.3 Å². The highest BCUT2D eigenvalue weighted by atomic mass is 35.5. The summed E-state index contributed by atoms with van der Waals surface area (Å²) >= 11 is 12.1. The van der Waals surface area contributed by atoms with Crippen LogP contribution in [0.2, 0.25) is 10.0 Å². The number of amides is 1. The van der Waals surface area contributed by atoms with Crippen LogP contribution in [0.15, 0.2) is 30.3 Å². The van der Waals surface area contributed by atoms with E-state index in [-0.39, 0.29) is 5.91 Å².